The average Bonchev–Trinajstić information content (AvgIpc) is 3.52. The summed E-state index contributed by atoms with van der Waals surface area (Å²) >= 11 is 0. The number of esters is 1. The molecule has 1 aromatic heterocycles. The Bertz CT molecular complexity index is 966. The van der Waals surface area contributed by atoms with Gasteiger partial charge < -0.3 is 29.2 Å². The lowest BCUT2D eigenvalue weighted by Crippen LogP contribution is -2.25. The van der Waals surface area contributed by atoms with Crippen LogP contribution in [-0.4, -0.2) is 64.0 Å². The Balaban J connectivity index is 0.000000717. The molecule has 1 atom stereocenters. The van der Waals surface area contributed by atoms with Gasteiger partial charge in [-0.2, -0.15) is 0 Å². The van der Waals surface area contributed by atoms with Crippen molar-refractivity contribution in [2.75, 3.05) is 31.2 Å². The van der Waals surface area contributed by atoms with Crippen LogP contribution in [-0.2, 0) is 25.7 Å². The topological polar surface area (TPSA) is 131 Å². The van der Waals surface area contributed by atoms with Gasteiger partial charge in [-0.05, 0) is 43.5 Å². The predicted octanol–water partition coefficient (Wildman–Crippen LogP) is 4.34. The summed E-state index contributed by atoms with van der Waals surface area (Å²) in [6, 6.07) is 6.44. The van der Waals surface area contributed by atoms with E-state index in [-0.39, 0.29) is 5.97 Å². The first-order valence-corrected chi connectivity index (χ1v) is 12.9. The molecule has 10 heteroatoms. The lowest BCUT2D eigenvalue weighted by Gasteiger charge is -2.19. The third kappa shape index (κ3) is 10.5. The number of nitrogens with zero attached hydrogens (tertiary/aromatic N) is 3. The van der Waals surface area contributed by atoms with Crippen LogP contribution in [0.15, 0.2) is 36.9 Å². The number of rotatable bonds is 14. The van der Waals surface area contributed by atoms with E-state index in [0.29, 0.717) is 25.5 Å². The highest BCUT2D eigenvalue weighted by Gasteiger charge is 2.29. The monoisotopic (exact) mass is 517 g/mol. The minimum atomic E-state index is -1.82. The van der Waals surface area contributed by atoms with Gasteiger partial charge in [0.05, 0.1) is 26.0 Å². The Morgan fingerprint density at radius 3 is 2.46 bits per heavy atom. The third-order valence-corrected chi connectivity index (χ3v) is 6.11. The van der Waals surface area contributed by atoms with Crippen molar-refractivity contribution >= 4 is 23.6 Å². The number of aliphatic carboxylic acids is 2. The number of fused-ring (bicyclic) bond motifs is 1. The number of aromatic nitrogens is 2. The molecule has 0 radical (unpaired) electrons. The van der Waals surface area contributed by atoms with Crippen LogP contribution in [0.5, 0.6) is 5.75 Å². The van der Waals surface area contributed by atoms with Gasteiger partial charge in [0.2, 0.25) is 0 Å². The maximum absolute atomic E-state index is 11.9. The normalized spacial score (nSPS) is 13.9. The fourth-order valence-electron chi connectivity index (χ4n) is 4.24. The van der Waals surface area contributed by atoms with Crippen molar-refractivity contribution in [3.63, 3.8) is 0 Å². The number of hydrogen-bond acceptors (Lipinski definition) is 7. The van der Waals surface area contributed by atoms with Gasteiger partial charge in [-0.25, -0.2) is 14.6 Å². The zero-order chi connectivity index (χ0) is 27.0. The summed E-state index contributed by atoms with van der Waals surface area (Å²) in [6.07, 6.45) is 13.3. The fraction of sp³-hybridized carbons (Fsp3) is 0.556. The van der Waals surface area contributed by atoms with Gasteiger partial charge in [-0.3, -0.25) is 4.79 Å². The average molecular weight is 518 g/mol. The van der Waals surface area contributed by atoms with E-state index in [4.69, 9.17) is 29.3 Å². The summed E-state index contributed by atoms with van der Waals surface area (Å²) in [4.78, 5) is 36.5. The Labute approximate surface area is 218 Å². The smallest absolute Gasteiger partial charge is 0.414 e. The molecule has 0 saturated carbocycles. The minimum Gasteiger partial charge on any atom is -0.494 e. The zero-order valence-corrected chi connectivity index (χ0v) is 21.8. The molecule has 1 aromatic carbocycles. The van der Waals surface area contributed by atoms with E-state index in [9.17, 15) is 4.79 Å². The fourth-order valence-corrected chi connectivity index (χ4v) is 4.24. The summed E-state index contributed by atoms with van der Waals surface area (Å²) in [7, 11) is 0. The van der Waals surface area contributed by atoms with Crippen molar-refractivity contribution in [2.24, 2.45) is 0 Å². The first kappa shape index (κ1) is 29.7. The van der Waals surface area contributed by atoms with Gasteiger partial charge in [0.1, 0.15) is 5.75 Å². The van der Waals surface area contributed by atoms with Crippen LogP contribution in [0.2, 0.25) is 0 Å². The minimum absolute atomic E-state index is 0.131. The molecule has 0 saturated heterocycles. The van der Waals surface area contributed by atoms with Gasteiger partial charge >= 0.3 is 17.9 Å². The van der Waals surface area contributed by atoms with E-state index in [1.807, 2.05) is 25.6 Å². The predicted molar refractivity (Wildman–Crippen MR) is 139 cm³/mol. The lowest BCUT2D eigenvalue weighted by atomic mass is 9.97. The molecule has 0 aliphatic carbocycles. The van der Waals surface area contributed by atoms with Crippen LogP contribution >= 0.6 is 0 Å². The summed E-state index contributed by atoms with van der Waals surface area (Å²) < 4.78 is 13.3. The number of benzene rings is 1. The van der Waals surface area contributed by atoms with Crippen LogP contribution in [0.25, 0.3) is 0 Å². The van der Waals surface area contributed by atoms with Crippen molar-refractivity contribution in [1.29, 1.82) is 0 Å². The van der Waals surface area contributed by atoms with E-state index in [2.05, 4.69) is 39.6 Å². The largest absolute Gasteiger partial charge is 0.494 e. The molecule has 1 aliphatic rings. The Kier molecular flexibility index (Phi) is 13.0. The van der Waals surface area contributed by atoms with Crippen molar-refractivity contribution in [1.82, 2.24) is 9.55 Å². The van der Waals surface area contributed by atoms with Crippen LogP contribution in [0.1, 0.15) is 70.3 Å². The SMILES string of the molecule is CCCCCCCOc1ccc2c(c1)C(CCn1ccnc1)CN2CCC(=O)OCC.O=C(O)C(=O)O. The number of imidazole rings is 1. The van der Waals surface area contributed by atoms with Crippen LogP contribution < -0.4 is 9.64 Å². The third-order valence-electron chi connectivity index (χ3n) is 6.11. The standard InChI is InChI=1S/C25H37N3O3.C2H2O4/c1-3-5-6-7-8-17-31-22-9-10-24-23(18-22)21(11-14-27-16-13-26-20-27)19-28(24)15-12-25(29)30-4-2;3-1(4)2(5)6/h9-10,13,16,18,20-21H,3-8,11-12,14-15,17,19H2,1-2H3;(H,3,4)(H,5,6). The number of anilines is 1. The quantitative estimate of drug-likeness (QED) is 0.213. The molecule has 1 aliphatic heterocycles. The van der Waals surface area contributed by atoms with Crippen LogP contribution in [0, 0.1) is 0 Å². The molecule has 0 spiro atoms. The molecule has 10 nitrogen and oxygen atoms in total. The number of hydrogen-bond donors (Lipinski definition) is 2. The van der Waals surface area contributed by atoms with Crippen LogP contribution in [0.4, 0.5) is 5.69 Å². The van der Waals surface area contributed by atoms with Gasteiger partial charge in [0.15, 0.2) is 0 Å². The lowest BCUT2D eigenvalue weighted by molar-refractivity contribution is -0.159. The van der Waals surface area contributed by atoms with E-state index in [1.54, 1.807) is 0 Å². The summed E-state index contributed by atoms with van der Waals surface area (Å²) in [5, 5.41) is 14.8. The highest BCUT2D eigenvalue weighted by molar-refractivity contribution is 6.27. The number of unbranched alkanes of at least 4 members (excludes halogenated alkanes) is 4. The first-order chi connectivity index (χ1) is 17.8. The number of ether oxygens (including phenoxy) is 2. The highest BCUT2D eigenvalue weighted by atomic mass is 16.5. The summed E-state index contributed by atoms with van der Waals surface area (Å²) in [5.41, 5.74) is 2.54. The molecule has 1 unspecified atom stereocenters. The molecule has 0 amide bonds. The summed E-state index contributed by atoms with van der Waals surface area (Å²) in [5.74, 6) is -2.42. The zero-order valence-electron chi connectivity index (χ0n) is 21.8. The Hall–Kier alpha value is -3.56. The second-order valence-corrected chi connectivity index (χ2v) is 8.88. The molecular weight excluding hydrogens is 478 g/mol. The second kappa shape index (κ2) is 16.2. The molecule has 2 heterocycles. The first-order valence-electron chi connectivity index (χ1n) is 12.9. The molecule has 204 valence electrons. The van der Waals surface area contributed by atoms with Crippen molar-refractivity contribution in [3.8, 4) is 5.75 Å². The van der Waals surface area contributed by atoms with E-state index in [0.717, 1.165) is 38.3 Å². The second-order valence-electron chi connectivity index (χ2n) is 8.88. The highest BCUT2D eigenvalue weighted by Crippen LogP contribution is 2.40. The Morgan fingerprint density at radius 1 is 1.05 bits per heavy atom. The molecular formula is C27H39N3O7. The number of aryl methyl sites for hydroxylation is 1. The summed E-state index contributed by atoms with van der Waals surface area (Å²) in [6.45, 7) is 7.82. The number of carbonyl (C=O) groups is 3. The van der Waals surface area contributed by atoms with Crippen molar-refractivity contribution in [2.45, 2.75) is 71.3 Å². The molecule has 2 aromatic rings. The van der Waals surface area contributed by atoms with Crippen LogP contribution in [0.3, 0.4) is 0 Å². The van der Waals surface area contributed by atoms with Crippen molar-refractivity contribution < 1.29 is 34.1 Å². The number of carboxylic acids is 2. The van der Waals surface area contributed by atoms with E-state index >= 15 is 0 Å². The maximum Gasteiger partial charge on any atom is 0.414 e. The van der Waals surface area contributed by atoms with Gasteiger partial charge in [-0.1, -0.05) is 32.6 Å². The van der Waals surface area contributed by atoms with Gasteiger partial charge in [0.25, 0.3) is 0 Å². The Morgan fingerprint density at radius 2 is 1.81 bits per heavy atom. The molecule has 2 N–H and O–H groups in total. The van der Waals surface area contributed by atoms with Gasteiger partial charge in [0, 0.05) is 43.6 Å². The van der Waals surface area contributed by atoms with Crippen molar-refractivity contribution in [3.05, 3.63) is 42.5 Å². The molecule has 0 bridgehead atoms. The molecule has 0 fully saturated rings. The van der Waals surface area contributed by atoms with E-state index in [1.165, 1.54) is 36.9 Å². The maximum atomic E-state index is 11.9. The number of carbonyl (C=O) groups excluding carboxylic acids is 1. The number of carboxylic acid groups (broad SMARTS) is 2. The van der Waals surface area contributed by atoms with Gasteiger partial charge in [-0.15, -0.1) is 0 Å². The molecule has 37 heavy (non-hydrogen) atoms. The molecule has 3 rings (SSSR count). The van der Waals surface area contributed by atoms with E-state index < -0.39 is 11.9 Å².